The van der Waals surface area contributed by atoms with Crippen LogP contribution in [0.25, 0.3) is 0 Å². The summed E-state index contributed by atoms with van der Waals surface area (Å²) in [5.74, 6) is 0.558. The summed E-state index contributed by atoms with van der Waals surface area (Å²) in [5.41, 5.74) is 5.45. The number of rotatable bonds is 3. The van der Waals surface area contributed by atoms with E-state index in [1.165, 1.54) is 0 Å². The van der Waals surface area contributed by atoms with Crippen molar-refractivity contribution in [1.82, 2.24) is 9.78 Å². The molecule has 1 aliphatic rings. The van der Waals surface area contributed by atoms with Gasteiger partial charge < -0.3 is 16.2 Å². The highest BCUT2D eigenvalue weighted by molar-refractivity contribution is 9.10. The minimum Gasteiger partial charge on any atom is -0.396 e. The molecule has 1 atom stereocenters. The third-order valence-electron chi connectivity index (χ3n) is 2.65. The van der Waals surface area contributed by atoms with Gasteiger partial charge in [-0.2, -0.15) is 5.10 Å². The molecule has 0 aliphatic carbocycles. The van der Waals surface area contributed by atoms with E-state index in [0.717, 1.165) is 18.8 Å². The molecule has 2 heterocycles. The number of hydrogen-bond donors (Lipinski definition) is 3. The smallest absolute Gasteiger partial charge is 0.270 e. The summed E-state index contributed by atoms with van der Waals surface area (Å²) in [6, 6.07) is 0. The second-order valence-electron chi connectivity index (χ2n) is 3.82. The van der Waals surface area contributed by atoms with Crippen molar-refractivity contribution in [2.75, 3.05) is 18.5 Å². The van der Waals surface area contributed by atoms with Gasteiger partial charge in [0.25, 0.3) is 5.91 Å². The Kier molecular flexibility index (Phi) is 3.15. The lowest BCUT2D eigenvalue weighted by atomic mass is 10.1. The van der Waals surface area contributed by atoms with E-state index >= 15 is 0 Å². The van der Waals surface area contributed by atoms with Crippen LogP contribution in [0, 0.1) is 5.92 Å². The molecule has 0 bridgehead atoms. The lowest BCUT2D eigenvalue weighted by Crippen LogP contribution is -2.28. The van der Waals surface area contributed by atoms with Gasteiger partial charge in [-0.25, -0.2) is 4.68 Å². The van der Waals surface area contributed by atoms with E-state index in [9.17, 15) is 4.79 Å². The van der Waals surface area contributed by atoms with Gasteiger partial charge in [0.15, 0.2) is 5.69 Å². The summed E-state index contributed by atoms with van der Waals surface area (Å²) in [6.45, 7) is 1.62. The van der Waals surface area contributed by atoms with Crippen molar-refractivity contribution in [1.29, 1.82) is 0 Å². The van der Waals surface area contributed by atoms with Crippen LogP contribution in [-0.4, -0.2) is 33.9 Å². The number of nitrogens with zero attached hydrogens (tertiary/aromatic N) is 2. The van der Waals surface area contributed by atoms with Gasteiger partial charge in [-0.3, -0.25) is 4.79 Å². The maximum atomic E-state index is 11.1. The van der Waals surface area contributed by atoms with Gasteiger partial charge >= 0.3 is 0 Å². The van der Waals surface area contributed by atoms with Crippen LogP contribution >= 0.6 is 15.9 Å². The molecule has 1 unspecified atom stereocenters. The average molecular weight is 289 g/mol. The molecule has 6 nitrogen and oxygen atoms in total. The van der Waals surface area contributed by atoms with E-state index in [1.54, 1.807) is 4.68 Å². The molecule has 1 aliphatic heterocycles. The first-order chi connectivity index (χ1) is 7.63. The van der Waals surface area contributed by atoms with Crippen LogP contribution in [0.2, 0.25) is 0 Å². The molecule has 0 saturated heterocycles. The number of hydrogen-bond acceptors (Lipinski definition) is 4. The van der Waals surface area contributed by atoms with E-state index in [4.69, 9.17) is 10.8 Å². The predicted octanol–water partition coefficient (Wildman–Crippen LogP) is 0.169. The number of carbonyl (C=O) groups excluding carboxylic acids is 1. The van der Waals surface area contributed by atoms with E-state index in [0.29, 0.717) is 16.9 Å². The van der Waals surface area contributed by atoms with Crippen LogP contribution in [0.4, 0.5) is 5.82 Å². The van der Waals surface area contributed by atoms with E-state index in [-0.39, 0.29) is 12.3 Å². The van der Waals surface area contributed by atoms with E-state index in [2.05, 4.69) is 26.3 Å². The summed E-state index contributed by atoms with van der Waals surface area (Å²) >= 11 is 3.30. The quantitative estimate of drug-likeness (QED) is 0.739. The molecule has 88 valence electrons. The molecular formula is C9H13BrN4O2. The molecule has 0 spiro atoms. The zero-order valence-corrected chi connectivity index (χ0v) is 10.2. The Hall–Kier alpha value is -1.08. The molecule has 0 saturated carbocycles. The number of halogens is 1. The largest absolute Gasteiger partial charge is 0.396 e. The minimum atomic E-state index is -0.547. The molecule has 7 heteroatoms. The second-order valence-corrected chi connectivity index (χ2v) is 4.61. The normalized spacial score (nSPS) is 19.0. The monoisotopic (exact) mass is 288 g/mol. The van der Waals surface area contributed by atoms with Crippen LogP contribution in [0.1, 0.15) is 16.9 Å². The lowest BCUT2D eigenvalue weighted by molar-refractivity contribution is 0.0993. The fourth-order valence-electron chi connectivity index (χ4n) is 1.82. The van der Waals surface area contributed by atoms with Gasteiger partial charge in [-0.1, -0.05) is 0 Å². The molecule has 0 radical (unpaired) electrons. The second kappa shape index (κ2) is 4.42. The number of nitrogens with two attached hydrogens (primary N) is 1. The Balaban J connectivity index is 2.26. The summed E-state index contributed by atoms with van der Waals surface area (Å²) < 4.78 is 2.33. The van der Waals surface area contributed by atoms with Gasteiger partial charge in [0.2, 0.25) is 0 Å². The third kappa shape index (κ3) is 1.92. The maximum Gasteiger partial charge on any atom is 0.270 e. The number of primary amides is 1. The number of fused-ring (bicyclic) bond motifs is 1. The Morgan fingerprint density at radius 2 is 2.50 bits per heavy atom. The van der Waals surface area contributed by atoms with Gasteiger partial charge in [-0.15, -0.1) is 0 Å². The number of aliphatic hydroxyl groups excluding tert-OH is 1. The maximum absolute atomic E-state index is 11.1. The number of aromatic nitrogens is 2. The van der Waals surface area contributed by atoms with E-state index in [1.807, 2.05) is 0 Å². The van der Waals surface area contributed by atoms with Crippen LogP contribution in [0.3, 0.4) is 0 Å². The van der Waals surface area contributed by atoms with Crippen molar-refractivity contribution in [3.63, 3.8) is 0 Å². The zero-order chi connectivity index (χ0) is 11.7. The van der Waals surface area contributed by atoms with Crippen molar-refractivity contribution >= 4 is 27.7 Å². The number of aliphatic hydroxyl groups is 1. The first kappa shape index (κ1) is 11.4. The fourth-order valence-corrected chi connectivity index (χ4v) is 2.44. The van der Waals surface area contributed by atoms with Gasteiger partial charge in [-0.05, 0) is 28.3 Å². The molecule has 0 fully saturated rings. The summed E-state index contributed by atoms with van der Waals surface area (Å²) in [7, 11) is 0. The third-order valence-corrected chi connectivity index (χ3v) is 3.41. The van der Waals surface area contributed by atoms with Gasteiger partial charge in [0.05, 0.1) is 4.47 Å². The highest BCUT2D eigenvalue weighted by atomic mass is 79.9. The fraction of sp³-hybridized carbons (Fsp3) is 0.556. The standard InChI is InChI=1S/C9H13BrN4O2/c10-6-7(8(11)16)13-14-4-5(1-2-15)3-12-9(6)14/h5,12,15H,1-4H2,(H2,11,16). The van der Waals surface area contributed by atoms with Crippen molar-refractivity contribution < 1.29 is 9.90 Å². The summed E-state index contributed by atoms with van der Waals surface area (Å²) in [5, 5.41) is 16.2. The summed E-state index contributed by atoms with van der Waals surface area (Å²) in [4.78, 5) is 11.1. The van der Waals surface area contributed by atoms with Crippen LogP contribution in [-0.2, 0) is 6.54 Å². The van der Waals surface area contributed by atoms with Gasteiger partial charge in [0, 0.05) is 19.7 Å². The molecule has 0 aromatic carbocycles. The number of amides is 1. The Bertz CT molecular complexity index is 418. The lowest BCUT2D eigenvalue weighted by Gasteiger charge is -2.24. The molecule has 1 aromatic heterocycles. The van der Waals surface area contributed by atoms with Crippen LogP contribution in [0.5, 0.6) is 0 Å². The molecule has 4 N–H and O–H groups in total. The van der Waals surface area contributed by atoms with Crippen molar-refractivity contribution in [3.8, 4) is 0 Å². The first-order valence-electron chi connectivity index (χ1n) is 5.04. The SMILES string of the molecule is NC(=O)c1nn2c(c1Br)NCC(CCO)C2. The number of anilines is 1. The highest BCUT2D eigenvalue weighted by Crippen LogP contribution is 2.30. The zero-order valence-electron chi connectivity index (χ0n) is 8.61. The molecule has 2 rings (SSSR count). The van der Waals surface area contributed by atoms with Crippen molar-refractivity contribution in [3.05, 3.63) is 10.2 Å². The average Bonchev–Trinajstić information content (AvgIpc) is 2.56. The highest BCUT2D eigenvalue weighted by Gasteiger charge is 2.25. The Morgan fingerprint density at radius 1 is 1.75 bits per heavy atom. The minimum absolute atomic E-state index is 0.160. The topological polar surface area (TPSA) is 93.2 Å². The van der Waals surface area contributed by atoms with Crippen LogP contribution < -0.4 is 11.1 Å². The van der Waals surface area contributed by atoms with Crippen molar-refractivity contribution in [2.24, 2.45) is 11.7 Å². The predicted molar refractivity (Wildman–Crippen MR) is 62.1 cm³/mol. The first-order valence-corrected chi connectivity index (χ1v) is 5.83. The number of carbonyl (C=O) groups is 1. The Labute approximate surface area is 101 Å². The number of nitrogens with one attached hydrogen (secondary N) is 1. The Morgan fingerprint density at radius 3 is 3.12 bits per heavy atom. The molecule has 1 aromatic rings. The molecule has 1 amide bonds. The van der Waals surface area contributed by atoms with Gasteiger partial charge in [0.1, 0.15) is 5.82 Å². The molecular weight excluding hydrogens is 276 g/mol. The van der Waals surface area contributed by atoms with E-state index < -0.39 is 5.91 Å². The summed E-state index contributed by atoms with van der Waals surface area (Å²) in [6.07, 6.45) is 0.718. The molecule has 16 heavy (non-hydrogen) atoms. The van der Waals surface area contributed by atoms with Crippen molar-refractivity contribution in [2.45, 2.75) is 13.0 Å². The van der Waals surface area contributed by atoms with Crippen LogP contribution in [0.15, 0.2) is 4.47 Å².